The van der Waals surface area contributed by atoms with Gasteiger partial charge in [-0.15, -0.1) is 10.2 Å². The van der Waals surface area contributed by atoms with E-state index < -0.39 is 6.04 Å². The summed E-state index contributed by atoms with van der Waals surface area (Å²) < 4.78 is 5.36. The van der Waals surface area contributed by atoms with Gasteiger partial charge in [0, 0.05) is 5.56 Å². The molecular weight excluding hydrogens is 340 g/mol. The maximum absolute atomic E-state index is 12.5. The van der Waals surface area contributed by atoms with E-state index in [1.165, 1.54) is 11.3 Å². The van der Waals surface area contributed by atoms with Gasteiger partial charge in [0.2, 0.25) is 11.0 Å². The first-order valence-electron chi connectivity index (χ1n) is 8.05. The average molecular weight is 362 g/mol. The molecule has 0 aliphatic rings. The van der Waals surface area contributed by atoms with Gasteiger partial charge in [-0.3, -0.25) is 14.9 Å². The first-order chi connectivity index (χ1) is 11.9. The molecule has 0 bridgehead atoms. The van der Waals surface area contributed by atoms with Gasteiger partial charge in [-0.1, -0.05) is 25.2 Å². The van der Waals surface area contributed by atoms with Crippen molar-refractivity contribution in [1.82, 2.24) is 15.5 Å². The molecule has 1 aromatic carbocycles. The fourth-order valence-corrected chi connectivity index (χ4v) is 2.75. The Morgan fingerprint density at radius 3 is 2.40 bits per heavy atom. The van der Waals surface area contributed by atoms with Gasteiger partial charge in [0.1, 0.15) is 16.8 Å². The zero-order valence-electron chi connectivity index (χ0n) is 14.7. The van der Waals surface area contributed by atoms with Crippen LogP contribution in [0.5, 0.6) is 5.75 Å². The Hall–Kier alpha value is -2.48. The monoisotopic (exact) mass is 362 g/mol. The fraction of sp³-hybridized carbons (Fsp3) is 0.412. The summed E-state index contributed by atoms with van der Waals surface area (Å²) in [4.78, 5) is 24.9. The molecule has 2 aromatic rings. The second kappa shape index (κ2) is 8.57. The maximum atomic E-state index is 12.5. The normalized spacial score (nSPS) is 11.9. The number of anilines is 1. The average Bonchev–Trinajstić information content (AvgIpc) is 2.97. The van der Waals surface area contributed by atoms with Crippen molar-refractivity contribution in [3.63, 3.8) is 0 Å². The van der Waals surface area contributed by atoms with Crippen LogP contribution >= 0.6 is 11.3 Å². The molecule has 0 saturated heterocycles. The Balaban J connectivity index is 2.04. The topological polar surface area (TPSA) is 93.2 Å². The minimum atomic E-state index is -0.678. The summed E-state index contributed by atoms with van der Waals surface area (Å²) in [6.45, 7) is 8.00. The van der Waals surface area contributed by atoms with E-state index in [0.717, 1.165) is 5.01 Å². The highest BCUT2D eigenvalue weighted by atomic mass is 32.1. The molecule has 0 radical (unpaired) electrons. The molecule has 25 heavy (non-hydrogen) atoms. The molecule has 8 heteroatoms. The van der Waals surface area contributed by atoms with Gasteiger partial charge >= 0.3 is 0 Å². The number of hydrogen-bond donors (Lipinski definition) is 2. The van der Waals surface area contributed by atoms with E-state index in [9.17, 15) is 9.59 Å². The second-order valence-electron chi connectivity index (χ2n) is 5.77. The van der Waals surface area contributed by atoms with Crippen LogP contribution in [-0.2, 0) is 4.79 Å². The lowest BCUT2D eigenvalue weighted by Gasteiger charge is -2.21. The third-order valence-corrected chi connectivity index (χ3v) is 4.17. The molecule has 2 amide bonds. The van der Waals surface area contributed by atoms with Crippen LogP contribution in [0.15, 0.2) is 24.3 Å². The number of rotatable bonds is 7. The van der Waals surface area contributed by atoms with Crippen LogP contribution in [0.25, 0.3) is 0 Å². The number of aromatic nitrogens is 2. The highest BCUT2D eigenvalue weighted by Crippen LogP contribution is 2.16. The summed E-state index contributed by atoms with van der Waals surface area (Å²) in [6, 6.07) is 6.12. The van der Waals surface area contributed by atoms with Crippen LogP contribution in [0.3, 0.4) is 0 Å². The molecule has 0 saturated carbocycles. The largest absolute Gasteiger partial charge is 0.494 e. The van der Waals surface area contributed by atoms with Crippen molar-refractivity contribution in [3.8, 4) is 5.75 Å². The maximum Gasteiger partial charge on any atom is 0.251 e. The van der Waals surface area contributed by atoms with Crippen molar-refractivity contribution >= 4 is 28.3 Å². The van der Waals surface area contributed by atoms with Crippen LogP contribution < -0.4 is 15.4 Å². The molecular formula is C17H22N4O3S. The minimum Gasteiger partial charge on any atom is -0.494 e. The fourth-order valence-electron chi connectivity index (χ4n) is 2.16. The second-order valence-corrected chi connectivity index (χ2v) is 6.95. The van der Waals surface area contributed by atoms with E-state index in [1.54, 1.807) is 31.2 Å². The van der Waals surface area contributed by atoms with Gasteiger partial charge in [0.05, 0.1) is 6.61 Å². The van der Waals surface area contributed by atoms with Gasteiger partial charge in [0.15, 0.2) is 0 Å². The van der Waals surface area contributed by atoms with E-state index in [1.807, 2.05) is 20.8 Å². The lowest BCUT2D eigenvalue weighted by Crippen LogP contribution is -2.47. The van der Waals surface area contributed by atoms with Gasteiger partial charge < -0.3 is 10.1 Å². The van der Waals surface area contributed by atoms with Gasteiger partial charge in [-0.2, -0.15) is 0 Å². The number of carbonyl (C=O) groups is 2. The van der Waals surface area contributed by atoms with Crippen molar-refractivity contribution in [2.75, 3.05) is 11.9 Å². The molecule has 134 valence electrons. The third kappa shape index (κ3) is 5.25. The standard InChI is InChI=1S/C17H22N4O3S/c1-5-24-13-8-6-12(7-9-13)15(22)18-14(10(2)3)16(23)19-17-21-20-11(4)25-17/h6-10,14H,5H2,1-4H3,(H,18,22)(H,19,21,23). The SMILES string of the molecule is CCOc1ccc(C(=O)NC(C(=O)Nc2nnc(C)s2)C(C)C)cc1. The molecule has 1 aromatic heterocycles. The molecule has 7 nitrogen and oxygen atoms in total. The molecule has 2 rings (SSSR count). The third-order valence-electron chi connectivity index (χ3n) is 3.42. The summed E-state index contributed by atoms with van der Waals surface area (Å²) in [7, 11) is 0. The van der Waals surface area contributed by atoms with E-state index in [2.05, 4.69) is 20.8 Å². The number of carbonyl (C=O) groups excluding carboxylic acids is 2. The van der Waals surface area contributed by atoms with Crippen molar-refractivity contribution in [2.24, 2.45) is 5.92 Å². The number of aryl methyl sites for hydroxylation is 1. The van der Waals surface area contributed by atoms with Gasteiger partial charge in [0.25, 0.3) is 5.91 Å². The quantitative estimate of drug-likeness (QED) is 0.790. The Bertz CT molecular complexity index is 728. The van der Waals surface area contributed by atoms with Crippen LogP contribution in [0.1, 0.15) is 36.1 Å². The number of benzene rings is 1. The summed E-state index contributed by atoms with van der Waals surface area (Å²) in [6.07, 6.45) is 0. The predicted molar refractivity (Wildman–Crippen MR) is 97.0 cm³/mol. The van der Waals surface area contributed by atoms with Crippen LogP contribution in [-0.4, -0.2) is 34.7 Å². The Labute approximate surface area is 150 Å². The molecule has 0 aliphatic carbocycles. The summed E-state index contributed by atoms with van der Waals surface area (Å²) >= 11 is 1.29. The number of amides is 2. The Morgan fingerprint density at radius 1 is 1.20 bits per heavy atom. The van der Waals surface area contributed by atoms with Gasteiger partial charge in [-0.05, 0) is 44.0 Å². The smallest absolute Gasteiger partial charge is 0.251 e. The number of nitrogens with one attached hydrogen (secondary N) is 2. The first-order valence-corrected chi connectivity index (χ1v) is 8.87. The first kappa shape index (κ1) is 18.9. The van der Waals surface area contributed by atoms with Crippen molar-refractivity contribution in [2.45, 2.75) is 33.7 Å². The summed E-state index contributed by atoms with van der Waals surface area (Å²) in [5, 5.41) is 14.4. The van der Waals surface area contributed by atoms with Crippen LogP contribution in [0, 0.1) is 12.8 Å². The van der Waals surface area contributed by atoms with Crippen LogP contribution in [0.4, 0.5) is 5.13 Å². The summed E-state index contributed by atoms with van der Waals surface area (Å²) in [5.41, 5.74) is 0.466. The lowest BCUT2D eigenvalue weighted by molar-refractivity contribution is -0.118. The molecule has 2 N–H and O–H groups in total. The van der Waals surface area contributed by atoms with Crippen molar-refractivity contribution < 1.29 is 14.3 Å². The summed E-state index contributed by atoms with van der Waals surface area (Å²) in [5.74, 6) is -0.0136. The van der Waals surface area contributed by atoms with E-state index in [-0.39, 0.29) is 17.7 Å². The lowest BCUT2D eigenvalue weighted by atomic mass is 10.0. The predicted octanol–water partition coefficient (Wildman–Crippen LogP) is 2.64. The van der Waals surface area contributed by atoms with E-state index in [0.29, 0.717) is 23.1 Å². The van der Waals surface area contributed by atoms with E-state index in [4.69, 9.17) is 4.74 Å². The Kier molecular flexibility index (Phi) is 6.46. The van der Waals surface area contributed by atoms with Crippen LogP contribution in [0.2, 0.25) is 0 Å². The highest BCUT2D eigenvalue weighted by Gasteiger charge is 2.25. The van der Waals surface area contributed by atoms with Gasteiger partial charge in [-0.25, -0.2) is 0 Å². The van der Waals surface area contributed by atoms with Crippen molar-refractivity contribution in [1.29, 1.82) is 0 Å². The zero-order chi connectivity index (χ0) is 18.4. The number of nitrogens with zero attached hydrogens (tertiary/aromatic N) is 2. The Morgan fingerprint density at radius 2 is 1.88 bits per heavy atom. The number of ether oxygens (including phenoxy) is 1. The molecule has 1 unspecified atom stereocenters. The number of hydrogen-bond acceptors (Lipinski definition) is 6. The minimum absolute atomic E-state index is 0.0827. The molecule has 0 aliphatic heterocycles. The van der Waals surface area contributed by atoms with Crippen molar-refractivity contribution in [3.05, 3.63) is 34.8 Å². The molecule has 0 spiro atoms. The molecule has 0 fully saturated rings. The zero-order valence-corrected chi connectivity index (χ0v) is 15.5. The highest BCUT2D eigenvalue weighted by molar-refractivity contribution is 7.15. The molecule has 1 heterocycles. The molecule has 1 atom stereocenters. The van der Waals surface area contributed by atoms with E-state index >= 15 is 0 Å².